The highest BCUT2D eigenvalue weighted by atomic mass is 35.5. The van der Waals surface area contributed by atoms with Gasteiger partial charge in [0.1, 0.15) is 17.3 Å². The first kappa shape index (κ1) is 12.9. The fraction of sp³-hybridized carbons (Fsp3) is 0.143. The smallest absolute Gasteiger partial charge is 0.146 e. The van der Waals surface area contributed by atoms with Crippen LogP contribution in [0, 0.1) is 5.82 Å². The van der Waals surface area contributed by atoms with Crippen molar-refractivity contribution in [3.05, 3.63) is 58.9 Å². The Balaban J connectivity index is 2.18. The van der Waals surface area contributed by atoms with E-state index in [1.807, 2.05) is 0 Å². The van der Waals surface area contributed by atoms with Crippen molar-refractivity contribution in [3.8, 4) is 11.5 Å². The van der Waals surface area contributed by atoms with E-state index in [-0.39, 0.29) is 5.02 Å². The second-order valence-corrected chi connectivity index (χ2v) is 4.33. The molecule has 0 saturated carbocycles. The molecule has 2 aromatic carbocycles. The molecule has 94 valence electrons. The van der Waals surface area contributed by atoms with Gasteiger partial charge in [-0.15, -0.1) is 0 Å². The molecule has 0 aromatic heterocycles. The van der Waals surface area contributed by atoms with E-state index in [1.54, 1.807) is 31.2 Å². The summed E-state index contributed by atoms with van der Waals surface area (Å²) in [6.45, 7) is 1.69. The van der Waals surface area contributed by atoms with Crippen LogP contribution in [-0.4, -0.2) is 5.11 Å². The predicted octanol–water partition coefficient (Wildman–Crippen LogP) is 4.32. The summed E-state index contributed by atoms with van der Waals surface area (Å²) in [6.07, 6.45) is -0.520. The minimum atomic E-state index is -0.520. The highest BCUT2D eigenvalue weighted by Crippen LogP contribution is 2.30. The minimum Gasteiger partial charge on any atom is -0.456 e. The van der Waals surface area contributed by atoms with Gasteiger partial charge in [0.15, 0.2) is 0 Å². The van der Waals surface area contributed by atoms with E-state index in [0.717, 1.165) is 5.56 Å². The molecular weight excluding hydrogens is 255 g/mol. The summed E-state index contributed by atoms with van der Waals surface area (Å²) in [6, 6.07) is 10.9. The van der Waals surface area contributed by atoms with Gasteiger partial charge in [-0.05, 0) is 42.8 Å². The molecule has 0 unspecified atom stereocenters. The summed E-state index contributed by atoms with van der Waals surface area (Å²) in [5, 5.41) is 9.59. The van der Waals surface area contributed by atoms with Crippen molar-refractivity contribution in [2.24, 2.45) is 0 Å². The van der Waals surface area contributed by atoms with Gasteiger partial charge < -0.3 is 9.84 Å². The zero-order valence-corrected chi connectivity index (χ0v) is 10.5. The average Bonchev–Trinajstić information content (AvgIpc) is 2.33. The Morgan fingerprint density at radius 3 is 2.39 bits per heavy atom. The molecule has 2 rings (SSSR count). The van der Waals surface area contributed by atoms with Crippen molar-refractivity contribution in [1.82, 2.24) is 0 Å². The molecule has 0 bridgehead atoms. The summed E-state index contributed by atoms with van der Waals surface area (Å²) < 4.78 is 18.4. The molecular formula is C14H12ClFO2. The molecule has 0 aliphatic heterocycles. The van der Waals surface area contributed by atoms with Crippen LogP contribution in [0.25, 0.3) is 0 Å². The van der Waals surface area contributed by atoms with Crippen molar-refractivity contribution in [2.75, 3.05) is 0 Å². The second-order valence-electron chi connectivity index (χ2n) is 3.92. The van der Waals surface area contributed by atoms with Gasteiger partial charge >= 0.3 is 0 Å². The molecule has 2 aromatic rings. The van der Waals surface area contributed by atoms with Gasteiger partial charge in [0.25, 0.3) is 0 Å². The second kappa shape index (κ2) is 5.38. The number of aliphatic hydroxyl groups is 1. The van der Waals surface area contributed by atoms with Gasteiger partial charge in [-0.2, -0.15) is 0 Å². The minimum absolute atomic E-state index is 0.217. The highest BCUT2D eigenvalue weighted by Gasteiger charge is 2.05. The van der Waals surface area contributed by atoms with Crippen molar-refractivity contribution in [3.63, 3.8) is 0 Å². The molecule has 0 radical (unpaired) electrons. The number of aliphatic hydroxyl groups excluding tert-OH is 1. The van der Waals surface area contributed by atoms with Gasteiger partial charge in [0.05, 0.1) is 11.1 Å². The lowest BCUT2D eigenvalue weighted by Crippen LogP contribution is -1.91. The van der Waals surface area contributed by atoms with Gasteiger partial charge in [-0.25, -0.2) is 4.39 Å². The summed E-state index contributed by atoms with van der Waals surface area (Å²) in [5.41, 5.74) is 0.799. The van der Waals surface area contributed by atoms with E-state index in [1.165, 1.54) is 18.2 Å². The van der Waals surface area contributed by atoms with Crippen LogP contribution in [-0.2, 0) is 0 Å². The third kappa shape index (κ3) is 3.00. The molecule has 1 N–H and O–H groups in total. The normalized spacial score (nSPS) is 12.2. The Morgan fingerprint density at radius 2 is 1.83 bits per heavy atom. The first-order valence-electron chi connectivity index (χ1n) is 5.47. The van der Waals surface area contributed by atoms with Crippen LogP contribution in [0.4, 0.5) is 4.39 Å². The predicted molar refractivity (Wildman–Crippen MR) is 68.6 cm³/mol. The SMILES string of the molecule is C[C@H](O)c1ccc(Oc2ccc(F)cc2Cl)cc1. The number of ether oxygens (including phenoxy) is 1. The van der Waals surface area contributed by atoms with Crippen LogP contribution < -0.4 is 4.74 Å². The van der Waals surface area contributed by atoms with Crippen molar-refractivity contribution >= 4 is 11.6 Å². The maximum Gasteiger partial charge on any atom is 0.146 e. The number of benzene rings is 2. The summed E-state index contributed by atoms with van der Waals surface area (Å²) in [7, 11) is 0. The van der Waals surface area contributed by atoms with Crippen LogP contribution in [0.15, 0.2) is 42.5 Å². The van der Waals surface area contributed by atoms with E-state index in [2.05, 4.69) is 0 Å². The summed E-state index contributed by atoms with van der Waals surface area (Å²) >= 11 is 5.86. The van der Waals surface area contributed by atoms with Crippen molar-refractivity contribution in [2.45, 2.75) is 13.0 Å². The summed E-state index contributed by atoms with van der Waals surface area (Å²) in [4.78, 5) is 0. The van der Waals surface area contributed by atoms with Crippen LogP contribution in [0.3, 0.4) is 0 Å². The maximum atomic E-state index is 12.9. The lowest BCUT2D eigenvalue weighted by Gasteiger charge is -2.09. The largest absolute Gasteiger partial charge is 0.456 e. The molecule has 4 heteroatoms. The number of rotatable bonds is 3. The van der Waals surface area contributed by atoms with E-state index in [0.29, 0.717) is 11.5 Å². The monoisotopic (exact) mass is 266 g/mol. The average molecular weight is 267 g/mol. The van der Waals surface area contributed by atoms with E-state index < -0.39 is 11.9 Å². The topological polar surface area (TPSA) is 29.5 Å². The van der Waals surface area contributed by atoms with Gasteiger partial charge in [-0.3, -0.25) is 0 Å². The Labute approximate surface area is 110 Å². The quantitative estimate of drug-likeness (QED) is 0.896. The van der Waals surface area contributed by atoms with Gasteiger partial charge in [-0.1, -0.05) is 23.7 Å². The van der Waals surface area contributed by atoms with Gasteiger partial charge in [0.2, 0.25) is 0 Å². The number of hydrogen-bond donors (Lipinski definition) is 1. The molecule has 0 aliphatic rings. The number of halogens is 2. The standard InChI is InChI=1S/C14H12ClFO2/c1-9(17)10-2-5-12(6-3-10)18-14-7-4-11(16)8-13(14)15/h2-9,17H,1H3/t9-/m0/s1. The molecule has 18 heavy (non-hydrogen) atoms. The third-order valence-corrected chi connectivity index (χ3v) is 2.78. The van der Waals surface area contributed by atoms with E-state index in [9.17, 15) is 9.50 Å². The highest BCUT2D eigenvalue weighted by molar-refractivity contribution is 6.32. The molecule has 0 amide bonds. The molecule has 0 saturated heterocycles. The summed E-state index contributed by atoms with van der Waals surface area (Å²) in [5.74, 6) is 0.563. The van der Waals surface area contributed by atoms with E-state index >= 15 is 0 Å². The molecule has 2 nitrogen and oxygen atoms in total. The Morgan fingerprint density at radius 1 is 1.17 bits per heavy atom. The fourth-order valence-electron chi connectivity index (χ4n) is 1.50. The molecule has 0 aliphatic carbocycles. The Kier molecular flexibility index (Phi) is 3.84. The first-order valence-corrected chi connectivity index (χ1v) is 5.85. The maximum absolute atomic E-state index is 12.9. The Bertz CT molecular complexity index is 538. The van der Waals surface area contributed by atoms with Crippen LogP contribution >= 0.6 is 11.6 Å². The van der Waals surface area contributed by atoms with Gasteiger partial charge in [0, 0.05) is 0 Å². The van der Waals surface area contributed by atoms with Crippen molar-refractivity contribution < 1.29 is 14.2 Å². The van der Waals surface area contributed by atoms with E-state index in [4.69, 9.17) is 16.3 Å². The number of hydrogen-bond acceptors (Lipinski definition) is 2. The van der Waals surface area contributed by atoms with Crippen LogP contribution in [0.5, 0.6) is 11.5 Å². The molecule has 0 fully saturated rings. The zero-order valence-electron chi connectivity index (χ0n) is 9.73. The van der Waals surface area contributed by atoms with Crippen LogP contribution in [0.1, 0.15) is 18.6 Å². The lowest BCUT2D eigenvalue weighted by atomic mass is 10.1. The Hall–Kier alpha value is -1.58. The van der Waals surface area contributed by atoms with Crippen molar-refractivity contribution in [1.29, 1.82) is 0 Å². The molecule has 1 atom stereocenters. The molecule has 0 spiro atoms. The fourth-order valence-corrected chi connectivity index (χ4v) is 1.71. The van der Waals surface area contributed by atoms with Crippen LogP contribution in [0.2, 0.25) is 5.02 Å². The lowest BCUT2D eigenvalue weighted by molar-refractivity contribution is 0.199. The zero-order chi connectivity index (χ0) is 13.1. The first-order chi connectivity index (χ1) is 8.56. The third-order valence-electron chi connectivity index (χ3n) is 2.48. The molecule has 0 heterocycles.